The minimum absolute atomic E-state index is 0.0459. The van der Waals surface area contributed by atoms with Crippen LogP contribution in [0.4, 0.5) is 0 Å². The van der Waals surface area contributed by atoms with Gasteiger partial charge in [0.25, 0.3) is 0 Å². The monoisotopic (exact) mass is 556 g/mol. The average molecular weight is 557 g/mol. The number of benzene rings is 2. The number of sulfone groups is 1. The molecule has 0 saturated carbocycles. The fourth-order valence-electron chi connectivity index (χ4n) is 4.42. The van der Waals surface area contributed by atoms with Gasteiger partial charge in [-0.05, 0) is 60.6 Å². The lowest BCUT2D eigenvalue weighted by Crippen LogP contribution is -2.53. The van der Waals surface area contributed by atoms with Crippen LogP contribution in [0.5, 0.6) is 0 Å². The van der Waals surface area contributed by atoms with Gasteiger partial charge in [0, 0.05) is 18.6 Å². The predicted molar refractivity (Wildman–Crippen MR) is 142 cm³/mol. The maximum atomic E-state index is 13.7. The molecule has 0 unspecified atom stereocenters. The van der Waals surface area contributed by atoms with E-state index in [0.717, 1.165) is 15.4 Å². The first-order chi connectivity index (χ1) is 16.6. The van der Waals surface area contributed by atoms with Crippen molar-refractivity contribution in [2.24, 2.45) is 0 Å². The summed E-state index contributed by atoms with van der Waals surface area (Å²) in [7, 11) is -11.4. The van der Waals surface area contributed by atoms with E-state index >= 15 is 0 Å². The van der Waals surface area contributed by atoms with Gasteiger partial charge in [0.1, 0.15) is 0 Å². The van der Waals surface area contributed by atoms with Crippen LogP contribution in [0.25, 0.3) is 0 Å². The molecule has 0 spiro atoms. The highest BCUT2D eigenvalue weighted by Gasteiger charge is 2.47. The fraction of sp³-hybridized carbons (Fsp3) is 0.520. The van der Waals surface area contributed by atoms with E-state index in [4.69, 9.17) is 0 Å². The summed E-state index contributed by atoms with van der Waals surface area (Å²) in [6.45, 7) is 9.23. The van der Waals surface area contributed by atoms with Crippen molar-refractivity contribution in [2.45, 2.75) is 68.2 Å². The maximum Gasteiger partial charge on any atom is 0.243 e. The van der Waals surface area contributed by atoms with E-state index in [9.17, 15) is 25.3 Å². The number of rotatable bonds is 10. The Hall–Kier alpha value is -1.79. The largest absolute Gasteiger partial charge is 0.243 e. The van der Waals surface area contributed by atoms with Gasteiger partial charge < -0.3 is 0 Å². The molecule has 8 nitrogen and oxygen atoms in total. The Bertz CT molecular complexity index is 1380. The Morgan fingerprint density at radius 3 is 1.75 bits per heavy atom. The van der Waals surface area contributed by atoms with E-state index in [-0.39, 0.29) is 52.6 Å². The Morgan fingerprint density at radius 1 is 0.861 bits per heavy atom. The van der Waals surface area contributed by atoms with E-state index in [1.165, 1.54) is 24.3 Å². The Morgan fingerprint density at radius 2 is 1.33 bits per heavy atom. The first kappa shape index (κ1) is 28.8. The summed E-state index contributed by atoms with van der Waals surface area (Å²) in [4.78, 5) is 0.129. The van der Waals surface area contributed by atoms with Crippen LogP contribution in [0, 0.1) is 0 Å². The van der Waals surface area contributed by atoms with Gasteiger partial charge in [-0.3, -0.25) is 0 Å². The molecule has 1 atom stereocenters. The summed E-state index contributed by atoms with van der Waals surface area (Å²) < 4.78 is 81.3. The molecular formula is C25H36N2O6S3. The zero-order valence-electron chi connectivity index (χ0n) is 21.4. The van der Waals surface area contributed by atoms with Gasteiger partial charge in [0.05, 0.1) is 21.3 Å². The average Bonchev–Trinajstić information content (AvgIpc) is 3.09. The third-order valence-electron chi connectivity index (χ3n) is 6.68. The van der Waals surface area contributed by atoms with Crippen LogP contribution in [-0.2, 0) is 29.9 Å². The lowest BCUT2D eigenvalue weighted by atomic mass is 10.0. The zero-order chi connectivity index (χ0) is 26.9. The lowest BCUT2D eigenvalue weighted by molar-refractivity contribution is 0.236. The second-order valence-electron chi connectivity index (χ2n) is 10.3. The molecule has 11 heteroatoms. The van der Waals surface area contributed by atoms with Crippen LogP contribution in [0.2, 0.25) is 0 Å². The third-order valence-corrected chi connectivity index (χ3v) is 12.1. The maximum absolute atomic E-state index is 13.7. The number of nitrogens with one attached hydrogen (secondary N) is 1. The molecule has 1 heterocycles. The quantitative estimate of drug-likeness (QED) is 0.479. The molecule has 1 aliphatic heterocycles. The van der Waals surface area contributed by atoms with Crippen molar-refractivity contribution in [2.75, 3.05) is 24.6 Å². The van der Waals surface area contributed by atoms with Crippen molar-refractivity contribution in [3.8, 4) is 0 Å². The van der Waals surface area contributed by atoms with Gasteiger partial charge in [-0.1, -0.05) is 52.0 Å². The highest BCUT2D eigenvalue weighted by molar-refractivity contribution is 7.92. The number of hydrogen-bond acceptors (Lipinski definition) is 6. The minimum atomic E-state index is -4.10. The topological polar surface area (TPSA) is 118 Å². The van der Waals surface area contributed by atoms with Gasteiger partial charge in [0.15, 0.2) is 9.84 Å². The van der Waals surface area contributed by atoms with E-state index < -0.39 is 35.4 Å². The Balaban J connectivity index is 1.87. The molecule has 0 bridgehead atoms. The molecular weight excluding hydrogens is 520 g/mol. The van der Waals surface area contributed by atoms with Crippen LogP contribution >= 0.6 is 0 Å². The van der Waals surface area contributed by atoms with Crippen LogP contribution < -0.4 is 4.72 Å². The minimum Gasteiger partial charge on any atom is -0.229 e. The summed E-state index contributed by atoms with van der Waals surface area (Å²) in [6, 6.07) is 13.1. The molecule has 1 fully saturated rings. The smallest absolute Gasteiger partial charge is 0.229 e. The molecule has 0 amide bonds. The van der Waals surface area contributed by atoms with Crippen molar-refractivity contribution in [1.29, 1.82) is 0 Å². The molecule has 1 aliphatic rings. The van der Waals surface area contributed by atoms with Gasteiger partial charge in [-0.25, -0.2) is 30.0 Å². The van der Waals surface area contributed by atoms with Gasteiger partial charge in [-0.2, -0.15) is 4.31 Å². The standard InChI is InChI=1S/C25H36N2O6S3/c1-19(2)21-6-10-23(11-7-21)35(30,31)26-15-16-27(25(5)14-17-34(28,29)18-25)36(32,33)24-12-8-22(9-13-24)20(3)4/h6-13,19-20,26H,14-18H2,1-5H3/t25-/m1/s1. The second-order valence-corrected chi connectivity index (χ2v) is 16.1. The fourth-order valence-corrected chi connectivity index (χ4v) is 9.47. The molecule has 2 aromatic rings. The van der Waals surface area contributed by atoms with Gasteiger partial charge >= 0.3 is 0 Å². The first-order valence-electron chi connectivity index (χ1n) is 12.0. The molecule has 1 saturated heterocycles. The van der Waals surface area contributed by atoms with Crippen molar-refractivity contribution >= 4 is 29.9 Å². The third kappa shape index (κ3) is 6.36. The normalized spacial score (nSPS) is 20.4. The predicted octanol–water partition coefficient (Wildman–Crippen LogP) is 3.48. The first-order valence-corrected chi connectivity index (χ1v) is 16.7. The summed E-state index contributed by atoms with van der Waals surface area (Å²) >= 11 is 0. The molecule has 0 radical (unpaired) electrons. The second kappa shape index (κ2) is 10.5. The van der Waals surface area contributed by atoms with E-state index in [0.29, 0.717) is 0 Å². The van der Waals surface area contributed by atoms with E-state index in [2.05, 4.69) is 4.72 Å². The van der Waals surface area contributed by atoms with Crippen LogP contribution in [-0.4, -0.2) is 59.7 Å². The highest BCUT2D eigenvalue weighted by atomic mass is 32.2. The number of hydrogen-bond donors (Lipinski definition) is 1. The molecule has 3 rings (SSSR count). The molecule has 2 aromatic carbocycles. The molecule has 1 N–H and O–H groups in total. The van der Waals surface area contributed by atoms with Crippen molar-refractivity contribution in [3.05, 3.63) is 59.7 Å². The van der Waals surface area contributed by atoms with E-state index in [1.54, 1.807) is 31.2 Å². The summed E-state index contributed by atoms with van der Waals surface area (Å²) in [5.41, 5.74) is 0.801. The van der Waals surface area contributed by atoms with Gasteiger partial charge in [-0.15, -0.1) is 0 Å². The van der Waals surface area contributed by atoms with Crippen molar-refractivity contribution in [1.82, 2.24) is 9.03 Å². The lowest BCUT2D eigenvalue weighted by Gasteiger charge is -2.36. The highest BCUT2D eigenvalue weighted by Crippen LogP contribution is 2.34. The summed E-state index contributed by atoms with van der Waals surface area (Å²) in [6.07, 6.45) is 0.141. The Kier molecular flexibility index (Phi) is 8.41. The number of sulfonamides is 2. The molecule has 36 heavy (non-hydrogen) atoms. The SMILES string of the molecule is CC(C)c1ccc(S(=O)(=O)NCCN([C@]2(C)CCS(=O)(=O)C2)S(=O)(=O)c2ccc(C(C)C)cc2)cc1. The van der Waals surface area contributed by atoms with Crippen LogP contribution in [0.1, 0.15) is 64.0 Å². The molecule has 0 aliphatic carbocycles. The van der Waals surface area contributed by atoms with Crippen molar-refractivity contribution in [3.63, 3.8) is 0 Å². The summed E-state index contributed by atoms with van der Waals surface area (Å²) in [5.74, 6) is 0.0495. The van der Waals surface area contributed by atoms with Crippen LogP contribution in [0.3, 0.4) is 0 Å². The molecule has 200 valence electrons. The van der Waals surface area contributed by atoms with E-state index in [1.807, 2.05) is 27.7 Å². The van der Waals surface area contributed by atoms with Crippen molar-refractivity contribution < 1.29 is 25.3 Å². The zero-order valence-corrected chi connectivity index (χ0v) is 23.9. The van der Waals surface area contributed by atoms with Gasteiger partial charge in [0.2, 0.25) is 20.0 Å². The summed E-state index contributed by atoms with van der Waals surface area (Å²) in [5, 5.41) is 0. The molecule has 0 aromatic heterocycles. The van der Waals surface area contributed by atoms with Crippen LogP contribution in [0.15, 0.2) is 58.3 Å². The Labute approximate surface area is 216 Å². The number of nitrogens with zero attached hydrogens (tertiary/aromatic N) is 1.